The number of ketones is 2. The Labute approximate surface area is 171 Å². The van der Waals surface area contributed by atoms with Crippen LogP contribution in [0.25, 0.3) is 0 Å². The quantitative estimate of drug-likeness (QED) is 0.423. The van der Waals surface area contributed by atoms with Crippen molar-refractivity contribution < 1.29 is 34.0 Å². The zero-order valence-corrected chi connectivity index (χ0v) is 16.0. The predicted octanol–water partition coefficient (Wildman–Crippen LogP) is 4.54. The van der Waals surface area contributed by atoms with Gasteiger partial charge >= 0.3 is 0 Å². The highest BCUT2D eigenvalue weighted by atomic mass is 19.1. The zero-order chi connectivity index (χ0) is 21.8. The first-order valence-corrected chi connectivity index (χ1v) is 9.06. The lowest BCUT2D eigenvalue weighted by atomic mass is 9.96. The molecule has 0 aromatic heterocycles. The van der Waals surface area contributed by atoms with Gasteiger partial charge in [0.1, 0.15) is 34.9 Å². The summed E-state index contributed by atoms with van der Waals surface area (Å²) in [6.45, 7) is 1.33. The Kier molecular flexibility index (Phi) is 6.01. The number of benzene rings is 3. The number of phenols is 3. The van der Waals surface area contributed by atoms with Crippen molar-refractivity contribution in [2.45, 2.75) is 19.4 Å². The second-order valence-electron chi connectivity index (χ2n) is 6.72. The Hall–Kier alpha value is -3.87. The number of ether oxygens (including phenoxy) is 1. The Morgan fingerprint density at radius 3 is 2.23 bits per heavy atom. The van der Waals surface area contributed by atoms with Crippen molar-refractivity contribution >= 4 is 11.6 Å². The number of rotatable bonds is 2. The summed E-state index contributed by atoms with van der Waals surface area (Å²) in [7, 11) is 0. The van der Waals surface area contributed by atoms with Crippen LogP contribution in [0.3, 0.4) is 0 Å². The molecule has 0 bridgehead atoms. The van der Waals surface area contributed by atoms with Crippen molar-refractivity contribution in [2.24, 2.45) is 0 Å². The van der Waals surface area contributed by atoms with Gasteiger partial charge in [0.05, 0.1) is 17.5 Å². The number of carbonyl (C=O) groups is 2. The van der Waals surface area contributed by atoms with E-state index in [0.29, 0.717) is 11.3 Å². The van der Waals surface area contributed by atoms with Crippen LogP contribution in [0.4, 0.5) is 4.39 Å². The number of halogens is 1. The molecule has 0 saturated carbocycles. The molecular weight excluding hydrogens is 391 g/mol. The first-order valence-electron chi connectivity index (χ1n) is 9.06. The van der Waals surface area contributed by atoms with Crippen molar-refractivity contribution in [3.05, 3.63) is 83.2 Å². The largest absolute Gasteiger partial charge is 0.508 e. The van der Waals surface area contributed by atoms with E-state index in [1.165, 1.54) is 49.4 Å². The number of hydrogen-bond donors (Lipinski definition) is 3. The molecule has 3 aromatic carbocycles. The molecule has 0 aliphatic carbocycles. The second-order valence-corrected chi connectivity index (χ2v) is 6.72. The van der Waals surface area contributed by atoms with Crippen molar-refractivity contribution in [3.8, 4) is 23.0 Å². The average molecular weight is 410 g/mol. The Morgan fingerprint density at radius 2 is 1.60 bits per heavy atom. The van der Waals surface area contributed by atoms with Gasteiger partial charge in [0.2, 0.25) is 0 Å². The molecular formula is C23H19FO6. The molecule has 30 heavy (non-hydrogen) atoms. The maximum atomic E-state index is 12.9. The molecule has 0 fully saturated rings. The highest BCUT2D eigenvalue weighted by molar-refractivity contribution is 6.00. The van der Waals surface area contributed by atoms with E-state index in [9.17, 15) is 19.1 Å². The summed E-state index contributed by atoms with van der Waals surface area (Å²) in [4.78, 5) is 22.8. The summed E-state index contributed by atoms with van der Waals surface area (Å²) in [6.07, 6.45) is -0.229. The van der Waals surface area contributed by atoms with Crippen LogP contribution >= 0.6 is 0 Å². The van der Waals surface area contributed by atoms with E-state index in [1.54, 1.807) is 18.2 Å². The molecule has 0 amide bonds. The number of Topliss-reactive ketones (excluding diaryl/α,β-unsaturated/α-hetero) is 2. The summed E-state index contributed by atoms with van der Waals surface area (Å²) in [5.41, 5.74) is 1.29. The monoisotopic (exact) mass is 410 g/mol. The molecule has 0 saturated heterocycles. The fraction of sp³-hybridized carbons (Fsp3) is 0.130. The van der Waals surface area contributed by atoms with E-state index in [4.69, 9.17) is 14.9 Å². The summed E-state index contributed by atoms with van der Waals surface area (Å²) < 4.78 is 18.6. The number of aromatic hydroxyl groups is 3. The SMILES string of the molecule is CC(=O)c1cc(O)ccc1O.O=C1CC(c2ccc(F)cc2)Oc2ccc(O)cc21. The average Bonchev–Trinajstić information content (AvgIpc) is 2.71. The van der Waals surface area contributed by atoms with Crippen LogP contribution in [0, 0.1) is 5.82 Å². The van der Waals surface area contributed by atoms with Gasteiger partial charge in [-0.25, -0.2) is 4.39 Å². The molecule has 4 rings (SSSR count). The van der Waals surface area contributed by atoms with Gasteiger partial charge in [-0.1, -0.05) is 12.1 Å². The van der Waals surface area contributed by atoms with Crippen molar-refractivity contribution in [1.29, 1.82) is 0 Å². The molecule has 0 spiro atoms. The van der Waals surface area contributed by atoms with Crippen molar-refractivity contribution in [3.63, 3.8) is 0 Å². The van der Waals surface area contributed by atoms with Crippen LogP contribution in [0.1, 0.15) is 45.7 Å². The van der Waals surface area contributed by atoms with E-state index in [0.717, 1.165) is 5.56 Å². The molecule has 7 heteroatoms. The lowest BCUT2D eigenvalue weighted by molar-refractivity contribution is 0.0848. The highest BCUT2D eigenvalue weighted by Crippen LogP contribution is 2.36. The van der Waals surface area contributed by atoms with Crippen molar-refractivity contribution in [1.82, 2.24) is 0 Å². The topological polar surface area (TPSA) is 104 Å². The van der Waals surface area contributed by atoms with E-state index >= 15 is 0 Å². The van der Waals surface area contributed by atoms with Crippen LogP contribution in [0.2, 0.25) is 0 Å². The van der Waals surface area contributed by atoms with Crippen LogP contribution in [-0.2, 0) is 0 Å². The molecule has 154 valence electrons. The minimum atomic E-state index is -0.412. The number of carbonyl (C=O) groups excluding carboxylic acids is 2. The first-order chi connectivity index (χ1) is 14.2. The van der Waals surface area contributed by atoms with Crippen LogP contribution in [0.5, 0.6) is 23.0 Å². The highest BCUT2D eigenvalue weighted by Gasteiger charge is 2.27. The Bertz CT molecular complexity index is 1090. The fourth-order valence-corrected chi connectivity index (χ4v) is 2.98. The van der Waals surface area contributed by atoms with Gasteiger partial charge in [0, 0.05) is 0 Å². The number of phenolic OH excluding ortho intramolecular Hbond substituents is 3. The van der Waals surface area contributed by atoms with Crippen LogP contribution in [0.15, 0.2) is 60.7 Å². The summed E-state index contributed by atoms with van der Waals surface area (Å²) in [5, 5.41) is 27.4. The summed E-state index contributed by atoms with van der Waals surface area (Å²) >= 11 is 0. The maximum absolute atomic E-state index is 12.9. The molecule has 1 unspecified atom stereocenters. The van der Waals surface area contributed by atoms with Gasteiger partial charge in [-0.15, -0.1) is 0 Å². The zero-order valence-electron chi connectivity index (χ0n) is 16.0. The molecule has 6 nitrogen and oxygen atoms in total. The molecule has 0 radical (unpaired) electrons. The third kappa shape index (κ3) is 4.75. The lowest BCUT2D eigenvalue weighted by Gasteiger charge is -2.25. The Balaban J connectivity index is 0.000000199. The van der Waals surface area contributed by atoms with Gasteiger partial charge in [-0.3, -0.25) is 9.59 Å². The second kappa shape index (κ2) is 8.65. The van der Waals surface area contributed by atoms with Crippen LogP contribution < -0.4 is 4.74 Å². The van der Waals surface area contributed by atoms with Gasteiger partial charge in [-0.2, -0.15) is 0 Å². The summed E-state index contributed by atoms with van der Waals surface area (Å²) in [6, 6.07) is 14.2. The maximum Gasteiger partial charge on any atom is 0.170 e. The molecule has 3 N–H and O–H groups in total. The third-order valence-electron chi connectivity index (χ3n) is 4.50. The van der Waals surface area contributed by atoms with E-state index < -0.39 is 6.10 Å². The van der Waals surface area contributed by atoms with Crippen molar-refractivity contribution in [2.75, 3.05) is 0 Å². The smallest absolute Gasteiger partial charge is 0.170 e. The van der Waals surface area contributed by atoms with Gasteiger partial charge < -0.3 is 20.1 Å². The van der Waals surface area contributed by atoms with Gasteiger partial charge in [0.25, 0.3) is 0 Å². The first kappa shape index (κ1) is 20.9. The Morgan fingerprint density at radius 1 is 0.967 bits per heavy atom. The van der Waals surface area contributed by atoms with Crippen LogP contribution in [-0.4, -0.2) is 26.9 Å². The number of fused-ring (bicyclic) bond motifs is 1. The summed E-state index contributed by atoms with van der Waals surface area (Å²) in [5.74, 6) is -0.316. The molecule has 1 aliphatic heterocycles. The molecule has 1 aliphatic rings. The minimum absolute atomic E-state index is 0.0204. The van der Waals surface area contributed by atoms with Gasteiger partial charge in [0.15, 0.2) is 11.6 Å². The standard InChI is InChI=1S/C15H11FO3.C8H8O3/c16-10-3-1-9(2-4-10)15-8-13(18)12-7-11(17)5-6-14(12)19-15;1-5(9)7-4-6(10)2-3-8(7)11/h1-7,15,17H,8H2;2-4,10-11H,1H3. The number of hydrogen-bond acceptors (Lipinski definition) is 6. The fourth-order valence-electron chi connectivity index (χ4n) is 2.98. The third-order valence-corrected chi connectivity index (χ3v) is 4.50. The predicted molar refractivity (Wildman–Crippen MR) is 107 cm³/mol. The molecule has 3 aromatic rings. The van der Waals surface area contributed by atoms with E-state index in [1.807, 2.05) is 0 Å². The molecule has 1 atom stereocenters. The molecule has 1 heterocycles. The van der Waals surface area contributed by atoms with E-state index in [2.05, 4.69) is 0 Å². The van der Waals surface area contributed by atoms with E-state index in [-0.39, 0.29) is 46.6 Å². The lowest BCUT2D eigenvalue weighted by Crippen LogP contribution is -2.20. The van der Waals surface area contributed by atoms with Gasteiger partial charge in [-0.05, 0) is 61.0 Å². The normalized spacial score (nSPS) is 14.7. The minimum Gasteiger partial charge on any atom is -0.508 e.